The molecule has 268 valence electrons. The summed E-state index contributed by atoms with van der Waals surface area (Å²) in [5.74, 6) is 0. The second-order valence-corrected chi connectivity index (χ2v) is 15.7. The number of fused-ring (bicyclic) bond motifs is 14. The Kier molecular flexibility index (Phi) is 6.47. The molecule has 11 aromatic carbocycles. The predicted octanol–water partition coefficient (Wildman–Crippen LogP) is 15.8. The van der Waals surface area contributed by atoms with Crippen LogP contribution in [-0.2, 0) is 0 Å². The molecule has 2 nitrogen and oxygen atoms in total. The van der Waals surface area contributed by atoms with E-state index in [2.05, 4.69) is 205 Å². The fraction of sp³-hybridized carbons (Fsp3) is 0. The van der Waals surface area contributed by atoms with E-state index in [4.69, 9.17) is 4.42 Å². The first kappa shape index (κ1) is 31.5. The number of aromatic nitrogens is 1. The zero-order valence-corrected chi connectivity index (χ0v) is 31.4. The molecule has 0 amide bonds. The molecule has 0 saturated carbocycles. The fourth-order valence-electron chi connectivity index (χ4n) is 9.76. The van der Waals surface area contributed by atoms with Gasteiger partial charge < -0.3 is 8.98 Å². The molecule has 0 radical (unpaired) electrons. The van der Waals surface area contributed by atoms with Crippen LogP contribution in [0.3, 0.4) is 0 Å². The standard InChI is InChI=1S/C56H33NO/c1-2-12-36-28-37(21-20-34(36)10-1)39-23-26-55-50(30-39)51-31-40(24-27-56(51)58-55)38-22-25-44-46(29-38)42-15-5-6-16-43(42)47-32-49-45-17-7-8-18-53(45)57(54(49)33-48(44)47)52-19-9-13-35-11-3-4-14-41(35)52/h1-33H. The van der Waals surface area contributed by atoms with Crippen molar-refractivity contribution in [1.82, 2.24) is 4.57 Å². The smallest absolute Gasteiger partial charge is 0.135 e. The molecule has 2 heteroatoms. The van der Waals surface area contributed by atoms with Gasteiger partial charge in [-0.05, 0) is 131 Å². The third kappa shape index (κ3) is 4.54. The lowest BCUT2D eigenvalue weighted by molar-refractivity contribution is 0.669. The van der Waals surface area contributed by atoms with Crippen LogP contribution in [0.5, 0.6) is 0 Å². The highest BCUT2D eigenvalue weighted by Gasteiger charge is 2.18. The first-order valence-corrected chi connectivity index (χ1v) is 20.0. The first-order chi connectivity index (χ1) is 28.7. The lowest BCUT2D eigenvalue weighted by atomic mass is 9.91. The molecule has 58 heavy (non-hydrogen) atoms. The number of rotatable bonds is 3. The molecular weight excluding hydrogens is 703 g/mol. The summed E-state index contributed by atoms with van der Waals surface area (Å²) in [7, 11) is 0. The summed E-state index contributed by atoms with van der Waals surface area (Å²) < 4.78 is 8.87. The van der Waals surface area contributed by atoms with Crippen LogP contribution in [0.1, 0.15) is 0 Å². The van der Waals surface area contributed by atoms with Crippen LogP contribution in [0.25, 0.3) is 126 Å². The second kappa shape index (κ2) is 11.9. The Bertz CT molecular complexity index is 3860. The van der Waals surface area contributed by atoms with Crippen molar-refractivity contribution in [3.8, 4) is 27.9 Å². The van der Waals surface area contributed by atoms with Crippen LogP contribution in [0.2, 0.25) is 0 Å². The Morgan fingerprint density at radius 1 is 0.259 bits per heavy atom. The number of hydrogen-bond acceptors (Lipinski definition) is 1. The minimum atomic E-state index is 0.900. The molecular formula is C56H33NO. The van der Waals surface area contributed by atoms with Gasteiger partial charge in [0.25, 0.3) is 0 Å². The van der Waals surface area contributed by atoms with Crippen molar-refractivity contribution >= 4 is 97.6 Å². The fourth-order valence-corrected chi connectivity index (χ4v) is 9.76. The van der Waals surface area contributed by atoms with Crippen LogP contribution >= 0.6 is 0 Å². The van der Waals surface area contributed by atoms with Crippen molar-refractivity contribution in [2.45, 2.75) is 0 Å². The van der Waals surface area contributed by atoms with Crippen LogP contribution in [0.4, 0.5) is 0 Å². The lowest BCUT2D eigenvalue weighted by Gasteiger charge is -2.14. The van der Waals surface area contributed by atoms with Crippen molar-refractivity contribution in [3.63, 3.8) is 0 Å². The second-order valence-electron chi connectivity index (χ2n) is 15.7. The molecule has 0 atom stereocenters. The first-order valence-electron chi connectivity index (χ1n) is 20.0. The normalized spacial score (nSPS) is 12.1. The molecule has 0 unspecified atom stereocenters. The number of furan rings is 1. The van der Waals surface area contributed by atoms with Gasteiger partial charge in [-0.2, -0.15) is 0 Å². The molecule has 0 aliphatic rings. The van der Waals surface area contributed by atoms with Crippen LogP contribution in [-0.4, -0.2) is 4.57 Å². The van der Waals surface area contributed by atoms with Crippen LogP contribution in [0.15, 0.2) is 205 Å². The number of hydrogen-bond donors (Lipinski definition) is 0. The van der Waals surface area contributed by atoms with E-state index in [9.17, 15) is 0 Å². The predicted molar refractivity (Wildman–Crippen MR) is 246 cm³/mol. The van der Waals surface area contributed by atoms with E-state index >= 15 is 0 Å². The maximum absolute atomic E-state index is 6.40. The highest BCUT2D eigenvalue weighted by atomic mass is 16.3. The van der Waals surface area contributed by atoms with Gasteiger partial charge in [-0.3, -0.25) is 0 Å². The molecule has 13 rings (SSSR count). The highest BCUT2D eigenvalue weighted by molar-refractivity contribution is 6.29. The maximum atomic E-state index is 6.40. The zero-order valence-electron chi connectivity index (χ0n) is 31.4. The maximum Gasteiger partial charge on any atom is 0.135 e. The van der Waals surface area contributed by atoms with Crippen molar-refractivity contribution in [1.29, 1.82) is 0 Å². The van der Waals surface area contributed by atoms with Gasteiger partial charge in [-0.1, -0.05) is 140 Å². The van der Waals surface area contributed by atoms with E-state index < -0.39 is 0 Å². The lowest BCUT2D eigenvalue weighted by Crippen LogP contribution is -1.95. The molecule has 0 bridgehead atoms. The van der Waals surface area contributed by atoms with E-state index in [0.717, 1.165) is 21.9 Å². The van der Waals surface area contributed by atoms with Crippen molar-refractivity contribution in [2.75, 3.05) is 0 Å². The van der Waals surface area contributed by atoms with E-state index in [1.54, 1.807) is 0 Å². The molecule has 13 aromatic rings. The molecule has 0 aliphatic carbocycles. The summed E-state index contributed by atoms with van der Waals surface area (Å²) in [6, 6.07) is 73.5. The van der Waals surface area contributed by atoms with Crippen LogP contribution in [0, 0.1) is 0 Å². The third-order valence-corrected chi connectivity index (χ3v) is 12.5. The molecule has 2 heterocycles. The van der Waals surface area contributed by atoms with E-state index in [-0.39, 0.29) is 0 Å². The molecule has 0 saturated heterocycles. The van der Waals surface area contributed by atoms with Gasteiger partial charge in [0.1, 0.15) is 11.2 Å². The number of nitrogens with zero attached hydrogens (tertiary/aromatic N) is 1. The Labute approximate surface area is 333 Å². The Balaban J connectivity index is 1.02. The van der Waals surface area contributed by atoms with Gasteiger partial charge in [0.15, 0.2) is 0 Å². The minimum Gasteiger partial charge on any atom is -0.456 e. The van der Waals surface area contributed by atoms with Gasteiger partial charge in [-0.25, -0.2) is 0 Å². The van der Waals surface area contributed by atoms with Gasteiger partial charge in [0.05, 0.1) is 16.7 Å². The molecule has 0 spiro atoms. The van der Waals surface area contributed by atoms with Crippen LogP contribution < -0.4 is 0 Å². The summed E-state index contributed by atoms with van der Waals surface area (Å²) in [4.78, 5) is 0. The molecule has 0 aliphatic heterocycles. The molecule has 2 aromatic heterocycles. The van der Waals surface area contributed by atoms with E-state index in [1.807, 2.05) is 0 Å². The summed E-state index contributed by atoms with van der Waals surface area (Å²) in [6.07, 6.45) is 0. The third-order valence-electron chi connectivity index (χ3n) is 12.5. The number of para-hydroxylation sites is 1. The summed E-state index contributed by atoms with van der Waals surface area (Å²) in [6.45, 7) is 0. The topological polar surface area (TPSA) is 18.1 Å². The molecule has 0 N–H and O–H groups in total. The Morgan fingerprint density at radius 3 is 1.53 bits per heavy atom. The van der Waals surface area contributed by atoms with Gasteiger partial charge in [-0.15, -0.1) is 0 Å². The molecule has 0 fully saturated rings. The average Bonchev–Trinajstić information content (AvgIpc) is 3.82. The minimum absolute atomic E-state index is 0.900. The Hall–Kier alpha value is -7.68. The average molecular weight is 736 g/mol. The largest absolute Gasteiger partial charge is 0.456 e. The summed E-state index contributed by atoms with van der Waals surface area (Å²) in [5.41, 5.74) is 10.2. The zero-order chi connectivity index (χ0) is 37.9. The van der Waals surface area contributed by atoms with Crippen molar-refractivity contribution in [3.05, 3.63) is 200 Å². The highest BCUT2D eigenvalue weighted by Crippen LogP contribution is 2.43. The number of benzene rings is 11. The van der Waals surface area contributed by atoms with E-state index in [1.165, 1.54) is 104 Å². The summed E-state index contributed by atoms with van der Waals surface area (Å²) >= 11 is 0. The van der Waals surface area contributed by atoms with Gasteiger partial charge >= 0.3 is 0 Å². The van der Waals surface area contributed by atoms with Crippen molar-refractivity contribution < 1.29 is 4.42 Å². The van der Waals surface area contributed by atoms with Crippen molar-refractivity contribution in [2.24, 2.45) is 0 Å². The SMILES string of the molecule is c1ccc2cc(-c3ccc4oc5ccc(-c6ccc7c(c6)c6ccccc6c6cc8c9ccccc9n(-c9cccc%10ccccc9%10)c8cc76)cc5c4c3)ccc2c1. The van der Waals surface area contributed by atoms with Gasteiger partial charge in [0, 0.05) is 26.9 Å². The summed E-state index contributed by atoms with van der Waals surface area (Å²) in [5, 5.41) is 17.3. The monoisotopic (exact) mass is 735 g/mol. The van der Waals surface area contributed by atoms with E-state index in [0.29, 0.717) is 0 Å². The quantitative estimate of drug-likeness (QED) is 0.165. The Morgan fingerprint density at radius 2 is 0.776 bits per heavy atom. The van der Waals surface area contributed by atoms with Gasteiger partial charge in [0.2, 0.25) is 0 Å².